The van der Waals surface area contributed by atoms with E-state index in [4.69, 9.17) is 10.5 Å². The van der Waals surface area contributed by atoms with Crippen LogP contribution in [0.25, 0.3) is 0 Å². The lowest BCUT2D eigenvalue weighted by Gasteiger charge is -2.13. The molecule has 0 aliphatic rings. The second-order valence-electron chi connectivity index (χ2n) is 2.91. The standard InChI is InChI=1S/C8H19NO/c1-4-5-8(3)10-6-7(2)9/h7-8H,4-6,9H2,1-3H3/t7-,8?/m0/s1. The fourth-order valence-electron chi connectivity index (χ4n) is 0.806. The van der Waals surface area contributed by atoms with Gasteiger partial charge in [-0.2, -0.15) is 0 Å². The lowest BCUT2D eigenvalue weighted by atomic mass is 10.2. The largest absolute Gasteiger partial charge is 0.377 e. The fourth-order valence-corrected chi connectivity index (χ4v) is 0.806. The molecule has 2 N–H and O–H groups in total. The van der Waals surface area contributed by atoms with Gasteiger partial charge in [0.15, 0.2) is 0 Å². The van der Waals surface area contributed by atoms with E-state index in [9.17, 15) is 0 Å². The SMILES string of the molecule is CCCC(C)OC[C@H](C)N. The summed E-state index contributed by atoms with van der Waals surface area (Å²) in [5.74, 6) is 0. The molecule has 0 amide bonds. The minimum absolute atomic E-state index is 0.166. The molecule has 0 bridgehead atoms. The highest BCUT2D eigenvalue weighted by molar-refractivity contribution is 4.53. The molecule has 0 aromatic rings. The van der Waals surface area contributed by atoms with Crippen LogP contribution in [-0.2, 0) is 4.74 Å². The van der Waals surface area contributed by atoms with Crippen LogP contribution in [0.2, 0.25) is 0 Å². The minimum atomic E-state index is 0.166. The molecule has 0 saturated carbocycles. The Morgan fingerprint density at radius 3 is 2.40 bits per heavy atom. The van der Waals surface area contributed by atoms with E-state index in [1.807, 2.05) is 6.92 Å². The van der Waals surface area contributed by atoms with Crippen molar-refractivity contribution in [3.63, 3.8) is 0 Å². The topological polar surface area (TPSA) is 35.2 Å². The van der Waals surface area contributed by atoms with E-state index in [-0.39, 0.29) is 6.04 Å². The first-order chi connectivity index (χ1) is 4.66. The van der Waals surface area contributed by atoms with Gasteiger partial charge in [0.1, 0.15) is 0 Å². The van der Waals surface area contributed by atoms with E-state index >= 15 is 0 Å². The molecule has 0 radical (unpaired) electrons. The molecule has 62 valence electrons. The van der Waals surface area contributed by atoms with E-state index in [1.54, 1.807) is 0 Å². The second-order valence-corrected chi connectivity index (χ2v) is 2.91. The maximum absolute atomic E-state index is 5.51. The van der Waals surface area contributed by atoms with Crippen molar-refractivity contribution in [3.05, 3.63) is 0 Å². The lowest BCUT2D eigenvalue weighted by molar-refractivity contribution is 0.0530. The van der Waals surface area contributed by atoms with Crippen LogP contribution in [0.15, 0.2) is 0 Å². The number of rotatable bonds is 5. The summed E-state index contributed by atoms with van der Waals surface area (Å²) in [6.07, 6.45) is 2.68. The maximum atomic E-state index is 5.51. The summed E-state index contributed by atoms with van der Waals surface area (Å²) in [5, 5.41) is 0. The van der Waals surface area contributed by atoms with Crippen LogP contribution in [0.1, 0.15) is 33.6 Å². The van der Waals surface area contributed by atoms with Crippen LogP contribution in [0.3, 0.4) is 0 Å². The van der Waals surface area contributed by atoms with Crippen LogP contribution in [0.5, 0.6) is 0 Å². The summed E-state index contributed by atoms with van der Waals surface area (Å²) in [7, 11) is 0. The van der Waals surface area contributed by atoms with Gasteiger partial charge in [-0.15, -0.1) is 0 Å². The molecule has 0 aromatic carbocycles. The highest BCUT2D eigenvalue weighted by Crippen LogP contribution is 2.00. The van der Waals surface area contributed by atoms with Crippen molar-refractivity contribution in [2.75, 3.05) is 6.61 Å². The Morgan fingerprint density at radius 1 is 1.40 bits per heavy atom. The molecule has 0 aromatic heterocycles. The molecule has 0 heterocycles. The first-order valence-electron chi connectivity index (χ1n) is 4.04. The van der Waals surface area contributed by atoms with E-state index in [0.29, 0.717) is 12.7 Å². The normalized spacial score (nSPS) is 16.8. The van der Waals surface area contributed by atoms with Gasteiger partial charge < -0.3 is 10.5 Å². The first kappa shape index (κ1) is 9.92. The summed E-state index contributed by atoms with van der Waals surface area (Å²) in [4.78, 5) is 0. The average molecular weight is 145 g/mol. The highest BCUT2D eigenvalue weighted by atomic mass is 16.5. The average Bonchev–Trinajstić information content (AvgIpc) is 1.85. The van der Waals surface area contributed by atoms with Crippen molar-refractivity contribution in [2.45, 2.75) is 45.8 Å². The fraction of sp³-hybridized carbons (Fsp3) is 1.00. The van der Waals surface area contributed by atoms with Gasteiger partial charge in [-0.1, -0.05) is 13.3 Å². The maximum Gasteiger partial charge on any atom is 0.0618 e. The molecule has 0 aliphatic carbocycles. The highest BCUT2D eigenvalue weighted by Gasteiger charge is 2.00. The predicted octanol–water partition coefficient (Wildman–Crippen LogP) is 1.54. The van der Waals surface area contributed by atoms with Crippen molar-refractivity contribution in [2.24, 2.45) is 5.73 Å². The first-order valence-corrected chi connectivity index (χ1v) is 4.04. The number of ether oxygens (including phenoxy) is 1. The lowest BCUT2D eigenvalue weighted by Crippen LogP contribution is -2.24. The van der Waals surface area contributed by atoms with Gasteiger partial charge in [0.05, 0.1) is 12.7 Å². The van der Waals surface area contributed by atoms with Crippen LogP contribution in [0.4, 0.5) is 0 Å². The van der Waals surface area contributed by atoms with Gasteiger partial charge in [0, 0.05) is 6.04 Å². The Kier molecular flexibility index (Phi) is 5.64. The van der Waals surface area contributed by atoms with E-state index in [0.717, 1.165) is 6.42 Å². The van der Waals surface area contributed by atoms with Crippen molar-refractivity contribution < 1.29 is 4.74 Å². The van der Waals surface area contributed by atoms with E-state index < -0.39 is 0 Å². The van der Waals surface area contributed by atoms with Gasteiger partial charge in [0.2, 0.25) is 0 Å². The van der Waals surface area contributed by atoms with Gasteiger partial charge in [0.25, 0.3) is 0 Å². The number of hydrogen-bond donors (Lipinski definition) is 1. The monoisotopic (exact) mass is 145 g/mol. The third-order valence-corrected chi connectivity index (χ3v) is 1.34. The Hall–Kier alpha value is -0.0800. The third kappa shape index (κ3) is 6.05. The molecule has 2 atom stereocenters. The molecule has 1 unspecified atom stereocenters. The Labute approximate surface area is 63.7 Å². The zero-order valence-electron chi connectivity index (χ0n) is 7.26. The molecular weight excluding hydrogens is 126 g/mol. The van der Waals surface area contributed by atoms with E-state index in [1.165, 1.54) is 6.42 Å². The smallest absolute Gasteiger partial charge is 0.0618 e. The number of hydrogen-bond acceptors (Lipinski definition) is 2. The van der Waals surface area contributed by atoms with Crippen molar-refractivity contribution in [3.8, 4) is 0 Å². The van der Waals surface area contributed by atoms with Crippen LogP contribution in [0, 0.1) is 0 Å². The molecule has 2 nitrogen and oxygen atoms in total. The van der Waals surface area contributed by atoms with E-state index in [2.05, 4.69) is 13.8 Å². The molecule has 0 spiro atoms. The minimum Gasteiger partial charge on any atom is -0.377 e. The third-order valence-electron chi connectivity index (χ3n) is 1.34. The summed E-state index contributed by atoms with van der Waals surface area (Å²) in [6.45, 7) is 6.89. The van der Waals surface area contributed by atoms with Crippen molar-refractivity contribution in [1.29, 1.82) is 0 Å². The summed E-state index contributed by atoms with van der Waals surface area (Å²) in [6, 6.07) is 0.166. The zero-order chi connectivity index (χ0) is 7.98. The van der Waals surface area contributed by atoms with Crippen molar-refractivity contribution >= 4 is 0 Å². The summed E-state index contributed by atoms with van der Waals surface area (Å²) < 4.78 is 5.42. The summed E-state index contributed by atoms with van der Waals surface area (Å²) in [5.41, 5.74) is 5.51. The van der Waals surface area contributed by atoms with Gasteiger partial charge in [-0.25, -0.2) is 0 Å². The molecule has 0 rings (SSSR count). The molecule has 10 heavy (non-hydrogen) atoms. The Bertz CT molecular complexity index is 73.7. The van der Waals surface area contributed by atoms with Crippen LogP contribution in [-0.4, -0.2) is 18.8 Å². The molecule has 2 heteroatoms. The van der Waals surface area contributed by atoms with Crippen LogP contribution >= 0.6 is 0 Å². The Morgan fingerprint density at radius 2 is 2.00 bits per heavy atom. The Balaban J connectivity index is 3.12. The number of nitrogens with two attached hydrogens (primary N) is 1. The van der Waals surface area contributed by atoms with Crippen LogP contribution < -0.4 is 5.73 Å². The van der Waals surface area contributed by atoms with Crippen molar-refractivity contribution in [1.82, 2.24) is 0 Å². The van der Waals surface area contributed by atoms with Gasteiger partial charge in [-0.05, 0) is 20.3 Å². The zero-order valence-corrected chi connectivity index (χ0v) is 7.26. The van der Waals surface area contributed by atoms with Gasteiger partial charge in [-0.3, -0.25) is 0 Å². The predicted molar refractivity (Wildman–Crippen MR) is 44.0 cm³/mol. The van der Waals surface area contributed by atoms with Gasteiger partial charge >= 0.3 is 0 Å². The second kappa shape index (κ2) is 5.69. The molecule has 0 saturated heterocycles. The quantitative estimate of drug-likeness (QED) is 0.637. The molecule has 0 aliphatic heterocycles. The molecular formula is C8H19NO. The summed E-state index contributed by atoms with van der Waals surface area (Å²) >= 11 is 0. The molecule has 0 fully saturated rings.